The lowest BCUT2D eigenvalue weighted by Gasteiger charge is -2.17. The summed E-state index contributed by atoms with van der Waals surface area (Å²) in [5, 5.41) is 5.65. The number of methoxy groups -OCH3 is 1. The van der Waals surface area contributed by atoms with Crippen LogP contribution in [0.2, 0.25) is 0 Å². The van der Waals surface area contributed by atoms with Crippen molar-refractivity contribution in [3.63, 3.8) is 0 Å². The van der Waals surface area contributed by atoms with Gasteiger partial charge in [0, 0.05) is 23.2 Å². The Bertz CT molecular complexity index is 915. The first kappa shape index (κ1) is 24.8. The minimum atomic E-state index is -0.351. The average Bonchev–Trinajstić information content (AvgIpc) is 2.76. The first-order valence-electron chi connectivity index (χ1n) is 10.7. The van der Waals surface area contributed by atoms with Gasteiger partial charge in [0.1, 0.15) is 5.75 Å². The molecule has 0 aromatic heterocycles. The quantitative estimate of drug-likeness (QED) is 0.520. The SMILES string of the molecule is CCOc1cc(C(=O)Nc2ccc(NC(=O)C(C)C)c(OC)c2)cc(OCC)c1OCC. The van der Waals surface area contributed by atoms with E-state index in [2.05, 4.69) is 10.6 Å². The van der Waals surface area contributed by atoms with Crippen LogP contribution in [0.25, 0.3) is 0 Å². The number of carbonyl (C=O) groups is 2. The lowest BCUT2D eigenvalue weighted by atomic mass is 10.1. The van der Waals surface area contributed by atoms with E-state index in [1.807, 2.05) is 20.8 Å². The number of hydrogen-bond acceptors (Lipinski definition) is 6. The van der Waals surface area contributed by atoms with Crippen LogP contribution in [-0.4, -0.2) is 38.7 Å². The maximum atomic E-state index is 13.0. The Kier molecular flexibility index (Phi) is 9.19. The van der Waals surface area contributed by atoms with Crippen LogP contribution in [0.5, 0.6) is 23.0 Å². The molecular weight excluding hydrogens is 412 g/mol. The lowest BCUT2D eigenvalue weighted by molar-refractivity contribution is -0.118. The van der Waals surface area contributed by atoms with Crippen LogP contribution in [0, 0.1) is 5.92 Å². The van der Waals surface area contributed by atoms with Gasteiger partial charge in [0.15, 0.2) is 11.5 Å². The zero-order valence-electron chi connectivity index (χ0n) is 19.5. The van der Waals surface area contributed by atoms with Crippen molar-refractivity contribution in [1.29, 1.82) is 0 Å². The molecule has 8 nitrogen and oxygen atoms in total. The van der Waals surface area contributed by atoms with E-state index in [0.29, 0.717) is 59.8 Å². The van der Waals surface area contributed by atoms with Crippen molar-refractivity contribution in [2.45, 2.75) is 34.6 Å². The van der Waals surface area contributed by atoms with E-state index in [1.165, 1.54) is 7.11 Å². The van der Waals surface area contributed by atoms with Crippen molar-refractivity contribution in [3.05, 3.63) is 35.9 Å². The highest BCUT2D eigenvalue weighted by molar-refractivity contribution is 6.05. The van der Waals surface area contributed by atoms with Gasteiger partial charge in [0.25, 0.3) is 5.91 Å². The summed E-state index contributed by atoms with van der Waals surface area (Å²) in [5.74, 6) is 1.15. The summed E-state index contributed by atoms with van der Waals surface area (Å²) in [6.45, 7) is 10.5. The summed E-state index contributed by atoms with van der Waals surface area (Å²) in [5.41, 5.74) is 1.40. The molecule has 2 aromatic carbocycles. The second kappa shape index (κ2) is 11.8. The van der Waals surface area contributed by atoms with E-state index in [1.54, 1.807) is 44.2 Å². The number of nitrogens with one attached hydrogen (secondary N) is 2. The Morgan fingerprint density at radius 2 is 1.44 bits per heavy atom. The fraction of sp³-hybridized carbons (Fsp3) is 0.417. The van der Waals surface area contributed by atoms with Gasteiger partial charge in [-0.15, -0.1) is 0 Å². The second-order valence-electron chi connectivity index (χ2n) is 7.11. The smallest absolute Gasteiger partial charge is 0.255 e. The number of carbonyl (C=O) groups excluding carboxylic acids is 2. The molecule has 0 saturated carbocycles. The normalized spacial score (nSPS) is 10.5. The van der Waals surface area contributed by atoms with E-state index >= 15 is 0 Å². The maximum Gasteiger partial charge on any atom is 0.255 e. The van der Waals surface area contributed by atoms with Crippen molar-refractivity contribution < 1.29 is 28.5 Å². The largest absolute Gasteiger partial charge is 0.494 e. The van der Waals surface area contributed by atoms with Crippen LogP contribution < -0.4 is 29.6 Å². The van der Waals surface area contributed by atoms with Gasteiger partial charge in [-0.2, -0.15) is 0 Å². The van der Waals surface area contributed by atoms with Gasteiger partial charge in [-0.1, -0.05) is 13.8 Å². The maximum absolute atomic E-state index is 13.0. The van der Waals surface area contributed by atoms with Gasteiger partial charge in [0.2, 0.25) is 11.7 Å². The molecule has 2 amide bonds. The van der Waals surface area contributed by atoms with E-state index in [4.69, 9.17) is 18.9 Å². The van der Waals surface area contributed by atoms with Crippen molar-refractivity contribution in [2.24, 2.45) is 5.92 Å². The van der Waals surface area contributed by atoms with Crippen LogP contribution in [0.3, 0.4) is 0 Å². The number of anilines is 2. The molecular formula is C24H32N2O6. The van der Waals surface area contributed by atoms with Gasteiger partial charge < -0.3 is 29.6 Å². The van der Waals surface area contributed by atoms with Crippen molar-refractivity contribution in [3.8, 4) is 23.0 Å². The minimum Gasteiger partial charge on any atom is -0.494 e. The molecule has 0 aliphatic carbocycles. The van der Waals surface area contributed by atoms with Gasteiger partial charge in [-0.3, -0.25) is 9.59 Å². The highest BCUT2D eigenvalue weighted by atomic mass is 16.5. The first-order chi connectivity index (χ1) is 15.3. The number of benzene rings is 2. The molecule has 0 heterocycles. The Balaban J connectivity index is 2.32. The molecule has 174 valence electrons. The van der Waals surface area contributed by atoms with Crippen molar-refractivity contribution >= 4 is 23.2 Å². The molecule has 0 aliphatic rings. The Morgan fingerprint density at radius 1 is 0.844 bits per heavy atom. The molecule has 0 unspecified atom stereocenters. The predicted molar refractivity (Wildman–Crippen MR) is 124 cm³/mol. The third-order valence-corrected chi connectivity index (χ3v) is 4.41. The topological polar surface area (TPSA) is 95.1 Å². The summed E-state index contributed by atoms with van der Waals surface area (Å²) in [6, 6.07) is 8.28. The van der Waals surface area contributed by atoms with Crippen LogP contribution in [0.15, 0.2) is 30.3 Å². The predicted octanol–water partition coefficient (Wildman–Crippen LogP) is 4.74. The number of amides is 2. The fourth-order valence-electron chi connectivity index (χ4n) is 2.87. The number of hydrogen-bond donors (Lipinski definition) is 2. The molecule has 2 N–H and O–H groups in total. The van der Waals surface area contributed by atoms with Crippen LogP contribution in [-0.2, 0) is 4.79 Å². The number of rotatable bonds is 11. The van der Waals surface area contributed by atoms with E-state index in [9.17, 15) is 9.59 Å². The average molecular weight is 445 g/mol. The summed E-state index contributed by atoms with van der Waals surface area (Å²) < 4.78 is 22.4. The summed E-state index contributed by atoms with van der Waals surface area (Å²) in [7, 11) is 1.50. The molecule has 2 aromatic rings. The van der Waals surface area contributed by atoms with Crippen LogP contribution >= 0.6 is 0 Å². The van der Waals surface area contributed by atoms with Crippen LogP contribution in [0.4, 0.5) is 11.4 Å². The Hall–Kier alpha value is -3.42. The Labute approximate surface area is 189 Å². The summed E-state index contributed by atoms with van der Waals surface area (Å²) in [4.78, 5) is 25.0. The zero-order chi connectivity index (χ0) is 23.7. The molecule has 0 bridgehead atoms. The second-order valence-corrected chi connectivity index (χ2v) is 7.11. The first-order valence-corrected chi connectivity index (χ1v) is 10.7. The standard InChI is InChI=1S/C24H32N2O6/c1-7-30-20-12-16(13-21(31-8-2)22(20)32-9-3)24(28)25-17-10-11-18(19(14-17)29-6)26-23(27)15(4)5/h10-15H,7-9H2,1-6H3,(H,25,28)(H,26,27). The fourth-order valence-corrected chi connectivity index (χ4v) is 2.87. The molecule has 0 atom stereocenters. The summed E-state index contributed by atoms with van der Waals surface area (Å²) in [6.07, 6.45) is 0. The van der Waals surface area contributed by atoms with Crippen molar-refractivity contribution in [1.82, 2.24) is 0 Å². The van der Waals surface area contributed by atoms with E-state index in [-0.39, 0.29) is 17.7 Å². The Morgan fingerprint density at radius 3 is 1.94 bits per heavy atom. The van der Waals surface area contributed by atoms with Crippen LogP contribution in [0.1, 0.15) is 45.0 Å². The third kappa shape index (κ3) is 6.29. The van der Waals surface area contributed by atoms with Gasteiger partial charge in [-0.05, 0) is 45.0 Å². The zero-order valence-corrected chi connectivity index (χ0v) is 19.5. The highest BCUT2D eigenvalue weighted by Gasteiger charge is 2.19. The molecule has 0 fully saturated rings. The van der Waals surface area contributed by atoms with Gasteiger partial charge in [-0.25, -0.2) is 0 Å². The van der Waals surface area contributed by atoms with Crippen molar-refractivity contribution in [2.75, 3.05) is 37.6 Å². The highest BCUT2D eigenvalue weighted by Crippen LogP contribution is 2.39. The van der Waals surface area contributed by atoms with E-state index < -0.39 is 0 Å². The minimum absolute atomic E-state index is 0.124. The third-order valence-electron chi connectivity index (χ3n) is 4.41. The van der Waals surface area contributed by atoms with Gasteiger partial charge in [0.05, 0.1) is 32.6 Å². The van der Waals surface area contributed by atoms with E-state index in [0.717, 1.165) is 0 Å². The summed E-state index contributed by atoms with van der Waals surface area (Å²) >= 11 is 0. The monoisotopic (exact) mass is 444 g/mol. The molecule has 0 spiro atoms. The molecule has 0 aliphatic heterocycles. The molecule has 0 radical (unpaired) electrons. The lowest BCUT2D eigenvalue weighted by Crippen LogP contribution is -2.18. The molecule has 0 saturated heterocycles. The molecule has 8 heteroatoms. The van der Waals surface area contributed by atoms with Gasteiger partial charge >= 0.3 is 0 Å². The number of ether oxygens (including phenoxy) is 4. The molecule has 2 rings (SSSR count). The molecule has 32 heavy (non-hydrogen) atoms.